The van der Waals surface area contributed by atoms with Crippen LogP contribution in [0.1, 0.15) is 16.1 Å². The first-order valence-electron chi connectivity index (χ1n) is 13.7. The van der Waals surface area contributed by atoms with E-state index in [0.29, 0.717) is 56.2 Å². The summed E-state index contributed by atoms with van der Waals surface area (Å²) in [5.41, 5.74) is -0.700. The number of thiazole rings is 1. The number of halogens is 1. The minimum atomic E-state index is -1.44. The molecule has 0 aromatic carbocycles. The fraction of sp³-hybridized carbons (Fsp3) is 0.379. The van der Waals surface area contributed by atoms with Gasteiger partial charge in [-0.25, -0.2) is 19.2 Å². The van der Waals surface area contributed by atoms with Gasteiger partial charge in [0.2, 0.25) is 5.43 Å². The normalized spacial score (nSPS) is 13.3. The molecule has 1 saturated heterocycles. The van der Waals surface area contributed by atoms with Gasteiger partial charge in [0, 0.05) is 50.1 Å². The van der Waals surface area contributed by atoms with Gasteiger partial charge in [0.05, 0.1) is 50.5 Å². The topological polar surface area (TPSA) is 155 Å². The van der Waals surface area contributed by atoms with Crippen LogP contribution in [0, 0.1) is 11.7 Å². The van der Waals surface area contributed by atoms with Crippen LogP contribution >= 0.6 is 11.3 Å². The predicted octanol–water partition coefficient (Wildman–Crippen LogP) is 2.38. The average molecular weight is 628 g/mol. The van der Waals surface area contributed by atoms with E-state index in [4.69, 9.17) is 18.9 Å². The summed E-state index contributed by atoms with van der Waals surface area (Å²) >= 11 is 1.21. The summed E-state index contributed by atoms with van der Waals surface area (Å²) < 4.78 is 37.8. The summed E-state index contributed by atoms with van der Waals surface area (Å²) in [6.45, 7) is 3.21. The minimum Gasteiger partial charge on any atom is -0.490 e. The number of pyridine rings is 3. The van der Waals surface area contributed by atoms with Crippen LogP contribution in [0.15, 0.2) is 47.0 Å². The number of hydrogen-bond acceptors (Lipinski definition) is 12. The number of methoxy groups -OCH3 is 1. The van der Waals surface area contributed by atoms with Crippen LogP contribution in [0.5, 0.6) is 5.75 Å². The van der Waals surface area contributed by atoms with Gasteiger partial charge in [-0.05, 0) is 18.2 Å². The smallest absolute Gasteiger partial charge is 0.341 e. The lowest BCUT2D eigenvalue weighted by atomic mass is 9.92. The first-order chi connectivity index (χ1) is 21.4. The molecule has 1 aliphatic rings. The predicted molar refractivity (Wildman–Crippen MR) is 158 cm³/mol. The Morgan fingerprint density at radius 2 is 1.84 bits per heavy atom. The van der Waals surface area contributed by atoms with E-state index < -0.39 is 22.8 Å². The highest BCUT2D eigenvalue weighted by molar-refractivity contribution is 7.12. The fourth-order valence-electron chi connectivity index (χ4n) is 4.53. The van der Waals surface area contributed by atoms with Crippen LogP contribution in [0.3, 0.4) is 0 Å². The molecule has 1 N–H and O–H groups in total. The van der Waals surface area contributed by atoms with Gasteiger partial charge in [0.1, 0.15) is 23.7 Å². The molecule has 15 heteroatoms. The highest BCUT2D eigenvalue weighted by atomic mass is 32.1. The van der Waals surface area contributed by atoms with Crippen molar-refractivity contribution >= 4 is 39.9 Å². The zero-order chi connectivity index (χ0) is 31.1. The Hall–Kier alpha value is -4.31. The van der Waals surface area contributed by atoms with Crippen LogP contribution in [-0.2, 0) is 25.4 Å². The maximum absolute atomic E-state index is 15.2. The van der Waals surface area contributed by atoms with Crippen molar-refractivity contribution < 1.29 is 38.0 Å². The molecule has 0 radical (unpaired) electrons. The number of rotatable bonds is 16. The van der Waals surface area contributed by atoms with Gasteiger partial charge in [-0.15, -0.1) is 11.3 Å². The number of hydrogen-bond donors (Lipinski definition) is 1. The van der Waals surface area contributed by atoms with Gasteiger partial charge in [-0.3, -0.25) is 19.1 Å². The van der Waals surface area contributed by atoms with E-state index in [1.165, 1.54) is 22.1 Å². The molecule has 0 unspecified atom stereocenters. The van der Waals surface area contributed by atoms with Crippen molar-refractivity contribution in [1.29, 1.82) is 0 Å². The van der Waals surface area contributed by atoms with Gasteiger partial charge in [0.25, 0.3) is 0 Å². The molecular weight excluding hydrogens is 597 g/mol. The van der Waals surface area contributed by atoms with Crippen molar-refractivity contribution in [3.05, 3.63) is 69.5 Å². The summed E-state index contributed by atoms with van der Waals surface area (Å²) in [5.74, 6) is -2.09. The molecule has 4 aromatic rings. The summed E-state index contributed by atoms with van der Waals surface area (Å²) in [4.78, 5) is 51.8. The number of anilines is 1. The number of ether oxygens (including phenoxy) is 4. The number of aromatic carboxylic acids is 1. The van der Waals surface area contributed by atoms with E-state index in [0.717, 1.165) is 12.3 Å². The number of carboxylic acid groups (broad SMARTS) is 1. The van der Waals surface area contributed by atoms with E-state index in [1.807, 2.05) is 0 Å². The van der Waals surface area contributed by atoms with Gasteiger partial charge < -0.3 is 29.0 Å². The molecule has 5 rings (SSSR count). The van der Waals surface area contributed by atoms with Crippen LogP contribution in [0.25, 0.3) is 16.2 Å². The molecule has 0 atom stereocenters. The Labute approximate surface area is 254 Å². The average Bonchev–Trinajstić information content (AvgIpc) is 3.52. The zero-order valence-electron chi connectivity index (χ0n) is 23.8. The third-order valence-corrected chi connectivity index (χ3v) is 7.63. The highest BCUT2D eigenvalue weighted by Gasteiger charge is 2.35. The third-order valence-electron chi connectivity index (χ3n) is 6.86. The molecule has 4 aromatic heterocycles. The number of ketones is 1. The number of carboxylic acids is 1. The molecule has 13 nitrogen and oxygen atoms in total. The Kier molecular flexibility index (Phi) is 10.2. The number of nitrogens with zero attached hydrogens (tertiary/aromatic N) is 5. The number of Topliss-reactive ketones (excluding diaryl/α,β-unsaturated/α-hetero) is 1. The first-order valence-corrected chi connectivity index (χ1v) is 14.6. The van der Waals surface area contributed by atoms with Crippen molar-refractivity contribution in [2.75, 3.05) is 64.7 Å². The summed E-state index contributed by atoms with van der Waals surface area (Å²) in [6, 6.07) is 4.45. The molecule has 44 heavy (non-hydrogen) atoms. The summed E-state index contributed by atoms with van der Waals surface area (Å²) in [7, 11) is 1.61. The number of carbonyl (C=O) groups is 2. The van der Waals surface area contributed by atoms with E-state index in [2.05, 4.69) is 15.0 Å². The maximum atomic E-state index is 15.2. The van der Waals surface area contributed by atoms with Crippen LogP contribution in [-0.4, -0.2) is 96.2 Å². The molecule has 0 saturated carbocycles. The lowest BCUT2D eigenvalue weighted by Gasteiger charge is -2.39. The second-order valence-electron chi connectivity index (χ2n) is 9.82. The molecule has 1 fully saturated rings. The largest absolute Gasteiger partial charge is 0.490 e. The van der Waals surface area contributed by atoms with Crippen molar-refractivity contribution in [2.45, 2.75) is 6.42 Å². The van der Waals surface area contributed by atoms with Gasteiger partial charge >= 0.3 is 5.97 Å². The number of carbonyl (C=O) groups excluding carboxylic acids is 1. The molecule has 1 aliphatic heterocycles. The van der Waals surface area contributed by atoms with Crippen molar-refractivity contribution in [1.82, 2.24) is 19.5 Å². The van der Waals surface area contributed by atoms with Gasteiger partial charge in [-0.1, -0.05) is 0 Å². The Morgan fingerprint density at radius 1 is 1.09 bits per heavy atom. The maximum Gasteiger partial charge on any atom is 0.341 e. The molecular formula is C29H30FN5O8S. The third kappa shape index (κ3) is 7.24. The molecule has 0 amide bonds. The Morgan fingerprint density at radius 3 is 2.50 bits per heavy atom. The lowest BCUT2D eigenvalue weighted by molar-refractivity contribution is -0.123. The summed E-state index contributed by atoms with van der Waals surface area (Å²) in [5, 5.41) is 11.4. The molecule has 0 bridgehead atoms. The van der Waals surface area contributed by atoms with E-state index in [1.54, 1.807) is 35.7 Å². The van der Waals surface area contributed by atoms with Gasteiger partial charge in [0.15, 0.2) is 22.4 Å². The van der Waals surface area contributed by atoms with Crippen molar-refractivity contribution in [3.63, 3.8) is 0 Å². The van der Waals surface area contributed by atoms with Crippen molar-refractivity contribution in [2.24, 2.45) is 5.92 Å². The minimum absolute atomic E-state index is 0.0310. The second-order valence-corrected chi connectivity index (χ2v) is 10.7. The monoisotopic (exact) mass is 627 g/mol. The summed E-state index contributed by atoms with van der Waals surface area (Å²) in [6.07, 6.45) is 4.33. The number of fused-ring (bicyclic) bond motifs is 1. The van der Waals surface area contributed by atoms with Crippen molar-refractivity contribution in [3.8, 4) is 10.9 Å². The fourth-order valence-corrected chi connectivity index (χ4v) is 5.15. The first kappa shape index (κ1) is 31.1. The Balaban J connectivity index is 1.15. The molecule has 232 valence electrons. The van der Waals surface area contributed by atoms with Crippen LogP contribution < -0.4 is 15.1 Å². The second kappa shape index (κ2) is 14.4. The highest BCUT2D eigenvalue weighted by Crippen LogP contribution is 2.29. The quantitative estimate of drug-likeness (QED) is 0.181. The molecule has 5 heterocycles. The van der Waals surface area contributed by atoms with E-state index in [9.17, 15) is 19.5 Å². The van der Waals surface area contributed by atoms with E-state index in [-0.39, 0.29) is 48.1 Å². The van der Waals surface area contributed by atoms with E-state index >= 15 is 4.39 Å². The lowest BCUT2D eigenvalue weighted by Crippen LogP contribution is -2.51. The van der Waals surface area contributed by atoms with Crippen LogP contribution in [0.2, 0.25) is 0 Å². The van der Waals surface area contributed by atoms with Gasteiger partial charge in [-0.2, -0.15) is 0 Å². The molecule has 0 aliphatic carbocycles. The molecule has 0 spiro atoms. The Bertz CT molecular complexity index is 1660. The standard InChI is InChI=1S/C29H30FN5O8S/c1-40-5-6-41-7-8-42-9-10-43-20-3-2-19(32-14-20)12-24(36)18-15-34(16-18)27-23(30)13-21-25(37)22(28(38)39)17-35(26(21)33-27)29-31-4-11-44-29/h2-4,11,13-14,17-18H,5-10,12,15-16H2,1H3,(H,38,39). The van der Waals surface area contributed by atoms with Crippen LogP contribution in [0.4, 0.5) is 10.2 Å². The zero-order valence-corrected chi connectivity index (χ0v) is 24.6. The number of aromatic nitrogens is 4. The SMILES string of the molecule is COCCOCCOCCOc1ccc(CC(=O)C2CN(c3nc4c(cc3F)c(=O)c(C(=O)O)cn4-c3nccs3)C2)nc1.